The molecule has 0 aliphatic rings. The Labute approximate surface area is 116 Å². The van der Waals surface area contributed by atoms with E-state index in [-0.39, 0.29) is 0 Å². The average Bonchev–Trinajstić information content (AvgIpc) is 2.36. The standard InChI is InChI=1S/C13H18ClF3N2/c1-2-3-10(6-7-14)8-18-12-5-4-11(9-19-12)13(15,16)17/h4-5,9-10H,2-3,6-8H2,1H3,(H,18,19). The summed E-state index contributed by atoms with van der Waals surface area (Å²) in [5.41, 5.74) is -0.732. The molecular formula is C13H18ClF3N2. The summed E-state index contributed by atoms with van der Waals surface area (Å²) in [6.45, 7) is 2.77. The Morgan fingerprint density at radius 2 is 2.05 bits per heavy atom. The van der Waals surface area contributed by atoms with Crippen LogP contribution in [0.15, 0.2) is 18.3 Å². The minimum Gasteiger partial charge on any atom is -0.370 e. The molecule has 6 heteroatoms. The average molecular weight is 295 g/mol. The molecule has 0 aromatic carbocycles. The predicted molar refractivity (Wildman–Crippen MR) is 71.5 cm³/mol. The SMILES string of the molecule is CCCC(CCCl)CNc1ccc(C(F)(F)F)cn1. The highest BCUT2D eigenvalue weighted by Crippen LogP contribution is 2.28. The monoisotopic (exact) mass is 294 g/mol. The largest absolute Gasteiger partial charge is 0.417 e. The number of anilines is 1. The zero-order valence-electron chi connectivity index (χ0n) is 10.8. The quantitative estimate of drug-likeness (QED) is 0.746. The number of hydrogen-bond donors (Lipinski definition) is 1. The molecule has 1 unspecified atom stereocenters. The Morgan fingerprint density at radius 3 is 2.53 bits per heavy atom. The molecule has 1 rings (SSSR count). The van der Waals surface area contributed by atoms with Crippen molar-refractivity contribution in [2.45, 2.75) is 32.4 Å². The first-order chi connectivity index (χ1) is 8.97. The smallest absolute Gasteiger partial charge is 0.370 e. The van der Waals surface area contributed by atoms with Gasteiger partial charge >= 0.3 is 6.18 Å². The van der Waals surface area contributed by atoms with E-state index < -0.39 is 11.7 Å². The summed E-state index contributed by atoms with van der Waals surface area (Å²) in [5.74, 6) is 1.47. The molecule has 108 valence electrons. The molecule has 0 saturated heterocycles. The van der Waals surface area contributed by atoms with Crippen molar-refractivity contribution < 1.29 is 13.2 Å². The molecule has 0 aliphatic carbocycles. The molecule has 2 nitrogen and oxygen atoms in total. The zero-order chi connectivity index (χ0) is 14.3. The van der Waals surface area contributed by atoms with Gasteiger partial charge in [0, 0.05) is 18.6 Å². The Kier molecular flexibility index (Phi) is 6.42. The first-order valence-corrected chi connectivity index (χ1v) is 6.84. The molecule has 0 bridgehead atoms. The molecule has 1 N–H and O–H groups in total. The molecule has 0 fully saturated rings. The van der Waals surface area contributed by atoms with E-state index in [1.807, 2.05) is 0 Å². The van der Waals surface area contributed by atoms with Crippen molar-refractivity contribution in [2.24, 2.45) is 5.92 Å². The van der Waals surface area contributed by atoms with E-state index in [2.05, 4.69) is 17.2 Å². The van der Waals surface area contributed by atoms with Gasteiger partial charge in [0.2, 0.25) is 0 Å². The maximum atomic E-state index is 12.4. The van der Waals surface area contributed by atoms with Gasteiger partial charge in [0.15, 0.2) is 0 Å². The van der Waals surface area contributed by atoms with Crippen LogP contribution in [0.1, 0.15) is 31.7 Å². The third-order valence-electron chi connectivity index (χ3n) is 2.88. The summed E-state index contributed by atoms with van der Waals surface area (Å²) in [6, 6.07) is 2.39. The van der Waals surface area contributed by atoms with Gasteiger partial charge in [0.05, 0.1) is 5.56 Å². The number of pyridine rings is 1. The van der Waals surface area contributed by atoms with E-state index in [0.717, 1.165) is 31.5 Å². The molecule has 1 aromatic rings. The van der Waals surface area contributed by atoms with Crippen molar-refractivity contribution >= 4 is 17.4 Å². The highest BCUT2D eigenvalue weighted by atomic mass is 35.5. The van der Waals surface area contributed by atoms with Gasteiger partial charge < -0.3 is 5.32 Å². The second-order valence-corrected chi connectivity index (χ2v) is 4.82. The fourth-order valence-corrected chi connectivity index (χ4v) is 2.13. The molecule has 1 aromatic heterocycles. The molecule has 0 radical (unpaired) electrons. The number of halogens is 4. The zero-order valence-corrected chi connectivity index (χ0v) is 11.6. The molecule has 0 amide bonds. The van der Waals surface area contributed by atoms with Crippen LogP contribution in [0.3, 0.4) is 0 Å². The lowest BCUT2D eigenvalue weighted by atomic mass is 10.0. The molecular weight excluding hydrogens is 277 g/mol. The van der Waals surface area contributed by atoms with Crippen molar-refractivity contribution in [1.29, 1.82) is 0 Å². The van der Waals surface area contributed by atoms with Crippen molar-refractivity contribution in [3.05, 3.63) is 23.9 Å². The Hall–Kier alpha value is -0.970. The number of hydrogen-bond acceptors (Lipinski definition) is 2. The van der Waals surface area contributed by atoms with Crippen LogP contribution in [0.5, 0.6) is 0 Å². The van der Waals surface area contributed by atoms with Gasteiger partial charge in [-0.2, -0.15) is 13.2 Å². The van der Waals surface area contributed by atoms with Gasteiger partial charge in [-0.15, -0.1) is 11.6 Å². The van der Waals surface area contributed by atoms with Gasteiger partial charge in [-0.05, 0) is 30.9 Å². The minimum atomic E-state index is -4.34. The highest BCUT2D eigenvalue weighted by molar-refractivity contribution is 6.17. The van der Waals surface area contributed by atoms with Crippen molar-refractivity contribution in [1.82, 2.24) is 4.98 Å². The van der Waals surface area contributed by atoms with E-state index in [9.17, 15) is 13.2 Å². The van der Waals surface area contributed by atoms with Crippen molar-refractivity contribution in [3.63, 3.8) is 0 Å². The van der Waals surface area contributed by atoms with Gasteiger partial charge in [-0.1, -0.05) is 13.3 Å². The van der Waals surface area contributed by atoms with Crippen LogP contribution in [0.2, 0.25) is 0 Å². The lowest BCUT2D eigenvalue weighted by Crippen LogP contribution is -2.16. The summed E-state index contributed by atoms with van der Waals surface area (Å²) in [4.78, 5) is 3.77. The Bertz CT molecular complexity index is 359. The Balaban J connectivity index is 2.53. The third kappa shape index (κ3) is 5.68. The summed E-state index contributed by atoms with van der Waals surface area (Å²) in [6.07, 6.45) is -0.499. The van der Waals surface area contributed by atoms with Crippen LogP contribution in [0.25, 0.3) is 0 Å². The lowest BCUT2D eigenvalue weighted by molar-refractivity contribution is -0.137. The van der Waals surface area contributed by atoms with Gasteiger partial charge in [-0.25, -0.2) is 4.98 Å². The van der Waals surface area contributed by atoms with E-state index >= 15 is 0 Å². The lowest BCUT2D eigenvalue weighted by Gasteiger charge is -2.16. The minimum absolute atomic E-state index is 0.423. The van der Waals surface area contributed by atoms with Gasteiger partial charge in [0.1, 0.15) is 5.82 Å². The number of aromatic nitrogens is 1. The summed E-state index contributed by atoms with van der Waals surface area (Å²) in [5, 5.41) is 3.06. The van der Waals surface area contributed by atoms with E-state index in [1.165, 1.54) is 6.07 Å². The number of rotatable bonds is 7. The highest BCUT2D eigenvalue weighted by Gasteiger charge is 2.30. The van der Waals surface area contributed by atoms with Crippen LogP contribution in [0, 0.1) is 5.92 Å². The molecule has 0 aliphatic heterocycles. The van der Waals surface area contributed by atoms with Crippen LogP contribution in [0.4, 0.5) is 19.0 Å². The van der Waals surface area contributed by atoms with Gasteiger partial charge in [-0.3, -0.25) is 0 Å². The fourth-order valence-electron chi connectivity index (χ4n) is 1.83. The van der Waals surface area contributed by atoms with Crippen molar-refractivity contribution in [3.8, 4) is 0 Å². The van der Waals surface area contributed by atoms with Crippen LogP contribution >= 0.6 is 11.6 Å². The molecule has 19 heavy (non-hydrogen) atoms. The topological polar surface area (TPSA) is 24.9 Å². The normalized spacial score (nSPS) is 13.3. The third-order valence-corrected chi connectivity index (χ3v) is 3.10. The molecule has 0 saturated carbocycles. The summed E-state index contributed by atoms with van der Waals surface area (Å²) >= 11 is 5.72. The second-order valence-electron chi connectivity index (χ2n) is 4.44. The number of nitrogens with one attached hydrogen (secondary N) is 1. The van der Waals surface area contributed by atoms with Crippen LogP contribution in [-0.2, 0) is 6.18 Å². The number of alkyl halides is 4. The van der Waals surface area contributed by atoms with Crippen molar-refractivity contribution in [2.75, 3.05) is 17.7 Å². The fraction of sp³-hybridized carbons (Fsp3) is 0.615. The predicted octanol–water partition coefficient (Wildman–Crippen LogP) is 4.56. The maximum absolute atomic E-state index is 12.4. The van der Waals surface area contributed by atoms with E-state index in [1.54, 1.807) is 0 Å². The van der Waals surface area contributed by atoms with Gasteiger partial charge in [0.25, 0.3) is 0 Å². The van der Waals surface area contributed by atoms with E-state index in [4.69, 9.17) is 11.6 Å². The molecule has 0 spiro atoms. The Morgan fingerprint density at radius 1 is 1.32 bits per heavy atom. The summed E-state index contributed by atoms with van der Waals surface area (Å²) in [7, 11) is 0. The van der Waals surface area contributed by atoms with Crippen LogP contribution < -0.4 is 5.32 Å². The van der Waals surface area contributed by atoms with Crippen LogP contribution in [-0.4, -0.2) is 17.4 Å². The number of nitrogens with zero attached hydrogens (tertiary/aromatic N) is 1. The summed E-state index contributed by atoms with van der Waals surface area (Å²) < 4.78 is 37.1. The molecule has 1 atom stereocenters. The first kappa shape index (κ1) is 16.1. The van der Waals surface area contributed by atoms with E-state index in [0.29, 0.717) is 24.2 Å². The second kappa shape index (κ2) is 7.58. The molecule has 1 heterocycles. The first-order valence-electron chi connectivity index (χ1n) is 6.30. The maximum Gasteiger partial charge on any atom is 0.417 e.